The highest BCUT2D eigenvalue weighted by Crippen LogP contribution is 2.31. The molecular weight excluding hydrogens is 360 g/mol. The first-order chi connectivity index (χ1) is 12.9. The second-order valence-electron chi connectivity index (χ2n) is 7.51. The molecule has 0 saturated carbocycles. The van der Waals surface area contributed by atoms with Gasteiger partial charge < -0.3 is 10.2 Å². The number of carbonyl (C=O) groups excluding carboxylic acids is 2. The van der Waals surface area contributed by atoms with Crippen molar-refractivity contribution in [2.75, 3.05) is 13.1 Å². The molecule has 1 heterocycles. The molecule has 0 spiro atoms. The Morgan fingerprint density at radius 2 is 1.96 bits per heavy atom. The van der Waals surface area contributed by atoms with Gasteiger partial charge in [0.1, 0.15) is 0 Å². The van der Waals surface area contributed by atoms with Gasteiger partial charge in [-0.3, -0.25) is 9.59 Å². The largest absolute Gasteiger partial charge is 0.351 e. The molecule has 0 radical (unpaired) electrons. The number of rotatable bonds is 4. The van der Waals surface area contributed by atoms with Crippen molar-refractivity contribution in [3.63, 3.8) is 0 Å². The van der Waals surface area contributed by atoms with E-state index in [9.17, 15) is 9.59 Å². The molecule has 27 heavy (non-hydrogen) atoms. The summed E-state index contributed by atoms with van der Waals surface area (Å²) in [4.78, 5) is 27.5. The van der Waals surface area contributed by atoms with Crippen LogP contribution in [0.1, 0.15) is 41.3 Å². The van der Waals surface area contributed by atoms with E-state index in [2.05, 4.69) is 5.32 Å². The number of carbonyl (C=O) groups is 2. The highest BCUT2D eigenvalue weighted by atomic mass is 35.5. The summed E-state index contributed by atoms with van der Waals surface area (Å²) in [5, 5.41) is 3.60. The molecule has 1 aliphatic heterocycles. The molecule has 0 unspecified atom stereocenters. The number of amides is 2. The van der Waals surface area contributed by atoms with Crippen LogP contribution < -0.4 is 5.32 Å². The smallest absolute Gasteiger partial charge is 0.253 e. The maximum absolute atomic E-state index is 12.9. The number of hydrogen-bond donors (Lipinski definition) is 1. The van der Waals surface area contributed by atoms with Crippen LogP contribution in [-0.2, 0) is 11.3 Å². The van der Waals surface area contributed by atoms with Crippen LogP contribution >= 0.6 is 11.6 Å². The van der Waals surface area contributed by atoms with E-state index in [0.29, 0.717) is 30.2 Å². The van der Waals surface area contributed by atoms with E-state index in [0.717, 1.165) is 24.0 Å². The van der Waals surface area contributed by atoms with Crippen molar-refractivity contribution in [1.82, 2.24) is 10.2 Å². The third-order valence-corrected chi connectivity index (χ3v) is 5.54. The van der Waals surface area contributed by atoms with Gasteiger partial charge in [-0.1, -0.05) is 41.9 Å². The maximum Gasteiger partial charge on any atom is 0.253 e. The Labute approximate surface area is 165 Å². The Morgan fingerprint density at radius 1 is 1.19 bits per heavy atom. The summed E-state index contributed by atoms with van der Waals surface area (Å²) in [5.74, 6) is -0.0792. The number of nitrogens with one attached hydrogen (secondary N) is 1. The van der Waals surface area contributed by atoms with Crippen LogP contribution in [0.15, 0.2) is 48.5 Å². The van der Waals surface area contributed by atoms with Crippen molar-refractivity contribution in [3.8, 4) is 0 Å². The van der Waals surface area contributed by atoms with Crippen LogP contribution in [0.2, 0.25) is 5.02 Å². The van der Waals surface area contributed by atoms with Crippen LogP contribution in [0.4, 0.5) is 0 Å². The first-order valence-electron chi connectivity index (χ1n) is 9.27. The van der Waals surface area contributed by atoms with E-state index in [4.69, 9.17) is 11.6 Å². The summed E-state index contributed by atoms with van der Waals surface area (Å²) >= 11 is 6.01. The lowest BCUT2D eigenvalue weighted by Gasteiger charge is -2.39. The Hall–Kier alpha value is -2.33. The number of piperidine rings is 1. The molecule has 142 valence electrons. The van der Waals surface area contributed by atoms with Crippen LogP contribution in [0.5, 0.6) is 0 Å². The van der Waals surface area contributed by atoms with Crippen molar-refractivity contribution in [1.29, 1.82) is 0 Å². The zero-order chi connectivity index (χ0) is 19.4. The fraction of sp³-hybridized carbons (Fsp3) is 0.364. The summed E-state index contributed by atoms with van der Waals surface area (Å²) < 4.78 is 0. The molecule has 3 rings (SSSR count). The minimum atomic E-state index is -0.588. The monoisotopic (exact) mass is 384 g/mol. The number of likely N-dealkylation sites (tertiary alicyclic amines) is 1. The maximum atomic E-state index is 12.9. The van der Waals surface area contributed by atoms with Crippen molar-refractivity contribution in [3.05, 3.63) is 70.2 Å². The van der Waals surface area contributed by atoms with Gasteiger partial charge >= 0.3 is 0 Å². The number of aryl methyl sites for hydroxylation is 1. The van der Waals surface area contributed by atoms with Gasteiger partial charge in [0.15, 0.2) is 0 Å². The Balaban J connectivity index is 1.67. The van der Waals surface area contributed by atoms with E-state index in [-0.39, 0.29) is 11.8 Å². The third kappa shape index (κ3) is 4.51. The summed E-state index contributed by atoms with van der Waals surface area (Å²) in [6.07, 6.45) is 1.58. The second kappa shape index (κ2) is 8.13. The van der Waals surface area contributed by atoms with Gasteiger partial charge in [0.05, 0.1) is 5.41 Å². The molecule has 2 aromatic rings. The first kappa shape index (κ1) is 19.4. The number of benzene rings is 2. The first-order valence-corrected chi connectivity index (χ1v) is 9.64. The SMILES string of the molecule is Cc1ccccc1CNC(=O)[C@@]1(C)CCCN(C(=O)c2cccc(Cl)c2)C1. The lowest BCUT2D eigenvalue weighted by Crippen LogP contribution is -2.51. The highest BCUT2D eigenvalue weighted by molar-refractivity contribution is 6.30. The lowest BCUT2D eigenvalue weighted by atomic mass is 9.80. The van der Waals surface area contributed by atoms with Crippen molar-refractivity contribution in [2.24, 2.45) is 5.41 Å². The van der Waals surface area contributed by atoms with Crippen molar-refractivity contribution < 1.29 is 9.59 Å². The molecule has 5 heteroatoms. The summed E-state index contributed by atoms with van der Waals surface area (Å²) in [5.41, 5.74) is 2.24. The minimum absolute atomic E-state index is 0.00523. The summed E-state index contributed by atoms with van der Waals surface area (Å²) in [6, 6.07) is 15.0. The highest BCUT2D eigenvalue weighted by Gasteiger charge is 2.39. The second-order valence-corrected chi connectivity index (χ2v) is 7.95. The molecule has 1 N–H and O–H groups in total. The van der Waals surface area contributed by atoms with Crippen LogP contribution in [0, 0.1) is 12.3 Å². The molecule has 1 saturated heterocycles. The predicted octanol–water partition coefficient (Wildman–Crippen LogP) is 4.21. The Kier molecular flexibility index (Phi) is 5.85. The van der Waals surface area contributed by atoms with E-state index in [1.54, 1.807) is 29.2 Å². The zero-order valence-corrected chi connectivity index (χ0v) is 16.6. The molecule has 0 aliphatic carbocycles. The van der Waals surface area contributed by atoms with E-state index in [1.165, 1.54) is 0 Å². The number of halogens is 1. The zero-order valence-electron chi connectivity index (χ0n) is 15.8. The fourth-order valence-electron chi connectivity index (χ4n) is 3.60. The Morgan fingerprint density at radius 3 is 2.70 bits per heavy atom. The van der Waals surface area contributed by atoms with Gasteiger partial charge in [0.25, 0.3) is 5.91 Å². The fourth-order valence-corrected chi connectivity index (χ4v) is 3.79. The third-order valence-electron chi connectivity index (χ3n) is 5.30. The average molecular weight is 385 g/mol. The van der Waals surface area contributed by atoms with Gasteiger partial charge in [-0.05, 0) is 56.0 Å². The Bertz CT molecular complexity index is 852. The van der Waals surface area contributed by atoms with E-state index >= 15 is 0 Å². The molecule has 1 atom stereocenters. The molecule has 2 amide bonds. The van der Waals surface area contributed by atoms with Crippen LogP contribution in [0.3, 0.4) is 0 Å². The molecule has 1 fully saturated rings. The van der Waals surface area contributed by atoms with Crippen molar-refractivity contribution >= 4 is 23.4 Å². The molecule has 2 aromatic carbocycles. The van der Waals surface area contributed by atoms with Gasteiger partial charge in [-0.25, -0.2) is 0 Å². The summed E-state index contributed by atoms with van der Waals surface area (Å²) in [6.45, 7) is 5.56. The quantitative estimate of drug-likeness (QED) is 0.858. The summed E-state index contributed by atoms with van der Waals surface area (Å²) in [7, 11) is 0. The molecule has 0 bridgehead atoms. The van der Waals surface area contributed by atoms with Gasteiger partial charge in [0.2, 0.25) is 5.91 Å². The minimum Gasteiger partial charge on any atom is -0.351 e. The number of hydrogen-bond acceptors (Lipinski definition) is 2. The molecule has 4 nitrogen and oxygen atoms in total. The molecule has 1 aliphatic rings. The van der Waals surface area contributed by atoms with Crippen LogP contribution in [0.25, 0.3) is 0 Å². The normalized spacial score (nSPS) is 19.6. The van der Waals surface area contributed by atoms with E-state index in [1.807, 2.05) is 38.1 Å². The average Bonchev–Trinajstić information content (AvgIpc) is 2.66. The van der Waals surface area contributed by atoms with E-state index < -0.39 is 5.41 Å². The molecular formula is C22H25ClN2O2. The predicted molar refractivity (Wildman–Crippen MR) is 108 cm³/mol. The van der Waals surface area contributed by atoms with Crippen molar-refractivity contribution in [2.45, 2.75) is 33.2 Å². The number of nitrogens with zero attached hydrogens (tertiary/aromatic N) is 1. The van der Waals surface area contributed by atoms with Gasteiger partial charge in [0, 0.05) is 30.2 Å². The van der Waals surface area contributed by atoms with Gasteiger partial charge in [-0.2, -0.15) is 0 Å². The van der Waals surface area contributed by atoms with Crippen LogP contribution in [-0.4, -0.2) is 29.8 Å². The van der Waals surface area contributed by atoms with Gasteiger partial charge in [-0.15, -0.1) is 0 Å². The standard InChI is InChI=1S/C22H25ClN2O2/c1-16-7-3-4-8-18(16)14-24-21(27)22(2)11-6-12-25(15-22)20(26)17-9-5-10-19(23)13-17/h3-5,7-10,13H,6,11-12,14-15H2,1-2H3,(H,24,27)/t22-/m0/s1. The molecule has 0 aromatic heterocycles. The topological polar surface area (TPSA) is 49.4 Å². The lowest BCUT2D eigenvalue weighted by molar-refractivity contribution is -0.132.